The second kappa shape index (κ2) is 11.5. The van der Waals surface area contributed by atoms with Crippen LogP contribution in [0.15, 0.2) is 62.2 Å². The maximum absolute atomic E-state index is 12.1. The zero-order valence-corrected chi connectivity index (χ0v) is 19.5. The largest absolute Gasteiger partial charge is 0.398 e. The molecule has 0 aliphatic heterocycles. The van der Waals surface area contributed by atoms with Crippen molar-refractivity contribution in [3.8, 4) is 0 Å². The minimum absolute atomic E-state index is 0.176. The Bertz CT molecular complexity index is 952. The average molecular weight is 523 g/mol. The van der Waals surface area contributed by atoms with Gasteiger partial charge in [-0.1, -0.05) is 52.8 Å². The first-order valence-electron chi connectivity index (χ1n) is 8.67. The molecule has 0 aliphatic rings. The van der Waals surface area contributed by atoms with Crippen molar-refractivity contribution >= 4 is 55.3 Å². The molecule has 0 unspecified atom stereocenters. The summed E-state index contributed by atoms with van der Waals surface area (Å²) in [4.78, 5) is 22.5. The lowest BCUT2D eigenvalue weighted by Crippen LogP contribution is -2.29. The highest BCUT2D eigenvalue weighted by molar-refractivity contribution is 9.28. The highest BCUT2D eigenvalue weighted by atomic mass is 79.9. The highest BCUT2D eigenvalue weighted by Crippen LogP contribution is 2.19. The summed E-state index contributed by atoms with van der Waals surface area (Å²) in [5.74, 6) is -0.346. The van der Waals surface area contributed by atoms with Crippen molar-refractivity contribution in [2.24, 2.45) is 10.3 Å². The van der Waals surface area contributed by atoms with E-state index in [1.807, 2.05) is 55.5 Å². The van der Waals surface area contributed by atoms with Gasteiger partial charge in [0.05, 0.1) is 9.10 Å². The third-order valence-electron chi connectivity index (χ3n) is 3.90. The minimum atomic E-state index is -0.346. The molecule has 0 heterocycles. The number of rotatable bonds is 8. The SMILES string of the molecule is CNC(=O)/C(=N/OC)c1ccccc1CON=C(C)c1cccc(C=C(Br)Br)c1. The van der Waals surface area contributed by atoms with E-state index in [4.69, 9.17) is 9.68 Å². The molecule has 2 aromatic carbocycles. The lowest BCUT2D eigenvalue weighted by molar-refractivity contribution is -0.114. The van der Waals surface area contributed by atoms with Crippen LogP contribution in [0.1, 0.15) is 29.2 Å². The van der Waals surface area contributed by atoms with Crippen molar-refractivity contribution in [1.29, 1.82) is 0 Å². The van der Waals surface area contributed by atoms with E-state index in [1.165, 1.54) is 14.2 Å². The summed E-state index contributed by atoms with van der Waals surface area (Å²) in [6.07, 6.45) is 1.95. The Morgan fingerprint density at radius 2 is 1.90 bits per heavy atom. The molecular weight excluding hydrogens is 502 g/mol. The van der Waals surface area contributed by atoms with Crippen LogP contribution in [0.25, 0.3) is 6.08 Å². The molecule has 2 aromatic rings. The van der Waals surface area contributed by atoms with Crippen LogP contribution in [0, 0.1) is 0 Å². The van der Waals surface area contributed by atoms with Crippen LogP contribution in [0.2, 0.25) is 0 Å². The fourth-order valence-electron chi connectivity index (χ4n) is 2.53. The Morgan fingerprint density at radius 1 is 1.14 bits per heavy atom. The predicted molar refractivity (Wildman–Crippen MR) is 123 cm³/mol. The Morgan fingerprint density at radius 3 is 2.59 bits per heavy atom. The lowest BCUT2D eigenvalue weighted by Gasteiger charge is -2.10. The van der Waals surface area contributed by atoms with Gasteiger partial charge in [-0.25, -0.2) is 0 Å². The lowest BCUT2D eigenvalue weighted by atomic mass is 10.0. The predicted octanol–water partition coefficient (Wildman–Crippen LogP) is 4.81. The summed E-state index contributed by atoms with van der Waals surface area (Å²) in [6, 6.07) is 15.2. The Kier molecular flexibility index (Phi) is 9.08. The fourth-order valence-corrected chi connectivity index (χ4v) is 3.06. The van der Waals surface area contributed by atoms with E-state index < -0.39 is 0 Å². The van der Waals surface area contributed by atoms with Gasteiger partial charge < -0.3 is 15.0 Å². The van der Waals surface area contributed by atoms with Gasteiger partial charge in [-0.05, 0) is 62.1 Å². The number of amides is 1. The van der Waals surface area contributed by atoms with E-state index in [9.17, 15) is 4.79 Å². The van der Waals surface area contributed by atoms with Gasteiger partial charge in [-0.3, -0.25) is 4.79 Å². The molecule has 0 saturated carbocycles. The molecule has 0 aliphatic carbocycles. The van der Waals surface area contributed by atoms with Gasteiger partial charge in [0.2, 0.25) is 0 Å². The quantitative estimate of drug-likeness (QED) is 0.399. The number of hydrogen-bond acceptors (Lipinski definition) is 5. The molecule has 0 aromatic heterocycles. The molecule has 0 fully saturated rings. The molecule has 0 saturated heterocycles. The van der Waals surface area contributed by atoms with Crippen molar-refractivity contribution in [3.05, 3.63) is 74.2 Å². The summed E-state index contributed by atoms with van der Waals surface area (Å²) in [6.45, 7) is 2.06. The number of halogens is 2. The number of nitrogens with zero attached hydrogens (tertiary/aromatic N) is 2. The molecular formula is C21H21Br2N3O3. The first-order valence-corrected chi connectivity index (χ1v) is 10.3. The maximum Gasteiger partial charge on any atom is 0.273 e. The van der Waals surface area contributed by atoms with Crippen LogP contribution in [0.4, 0.5) is 0 Å². The monoisotopic (exact) mass is 521 g/mol. The van der Waals surface area contributed by atoms with E-state index in [0.717, 1.165) is 25.8 Å². The van der Waals surface area contributed by atoms with E-state index in [1.54, 1.807) is 6.07 Å². The van der Waals surface area contributed by atoms with Crippen molar-refractivity contribution in [2.75, 3.05) is 14.2 Å². The number of carbonyl (C=O) groups is 1. The number of benzene rings is 2. The molecule has 29 heavy (non-hydrogen) atoms. The van der Waals surface area contributed by atoms with Crippen LogP contribution in [-0.2, 0) is 21.1 Å². The third kappa shape index (κ3) is 6.83. The average Bonchev–Trinajstić information content (AvgIpc) is 2.71. The summed E-state index contributed by atoms with van der Waals surface area (Å²) in [5.41, 5.74) is 4.27. The number of nitrogens with one attached hydrogen (secondary N) is 1. The zero-order chi connectivity index (χ0) is 21.2. The molecule has 1 amide bonds. The summed E-state index contributed by atoms with van der Waals surface area (Å²) < 4.78 is 0.856. The first kappa shape index (κ1) is 22.8. The van der Waals surface area contributed by atoms with Gasteiger partial charge in [-0.15, -0.1) is 0 Å². The molecule has 0 radical (unpaired) electrons. The smallest absolute Gasteiger partial charge is 0.273 e. The second-order valence-corrected chi connectivity index (χ2v) is 8.64. The number of hydrogen-bond donors (Lipinski definition) is 1. The van der Waals surface area contributed by atoms with Crippen molar-refractivity contribution in [1.82, 2.24) is 5.32 Å². The number of carbonyl (C=O) groups excluding carboxylic acids is 1. The summed E-state index contributed by atoms with van der Waals surface area (Å²) in [7, 11) is 2.94. The van der Waals surface area contributed by atoms with Crippen LogP contribution in [0.5, 0.6) is 0 Å². The van der Waals surface area contributed by atoms with Gasteiger partial charge in [0.15, 0.2) is 5.71 Å². The van der Waals surface area contributed by atoms with Crippen LogP contribution < -0.4 is 5.32 Å². The normalized spacial score (nSPS) is 11.6. The number of oxime groups is 2. The van der Waals surface area contributed by atoms with Crippen LogP contribution in [0.3, 0.4) is 0 Å². The zero-order valence-electron chi connectivity index (χ0n) is 16.3. The van der Waals surface area contributed by atoms with Crippen molar-refractivity contribution < 1.29 is 14.5 Å². The summed E-state index contributed by atoms with van der Waals surface area (Å²) in [5, 5.41) is 10.6. The number of likely N-dealkylation sites (N-methyl/N-ethyl adjacent to an activating group) is 1. The van der Waals surface area contributed by atoms with E-state index in [0.29, 0.717) is 5.56 Å². The Balaban J connectivity index is 2.19. The van der Waals surface area contributed by atoms with E-state index in [2.05, 4.69) is 47.5 Å². The second-order valence-electron chi connectivity index (χ2n) is 5.87. The first-order chi connectivity index (χ1) is 14.0. The van der Waals surface area contributed by atoms with Gasteiger partial charge in [0, 0.05) is 18.2 Å². The highest BCUT2D eigenvalue weighted by Gasteiger charge is 2.17. The minimum Gasteiger partial charge on any atom is -0.398 e. The van der Waals surface area contributed by atoms with Gasteiger partial charge in [-0.2, -0.15) is 0 Å². The fraction of sp³-hybridized carbons (Fsp3) is 0.190. The standard InChI is InChI=1S/C21H21Br2N3O3/c1-14(16-9-6-7-15(11-16)12-19(22)23)25-29-13-17-8-4-5-10-18(17)20(26-28-3)21(27)24-2/h4-12H,13H2,1-3H3,(H,24,27)/b25-14?,26-20+. The molecule has 6 nitrogen and oxygen atoms in total. The van der Waals surface area contributed by atoms with Crippen LogP contribution >= 0.6 is 31.9 Å². The molecule has 0 spiro atoms. The van der Waals surface area contributed by atoms with Crippen LogP contribution in [-0.4, -0.2) is 31.5 Å². The van der Waals surface area contributed by atoms with Gasteiger partial charge in [0.1, 0.15) is 13.7 Å². The Hall–Kier alpha value is -2.45. The molecule has 2 rings (SSSR count). The van der Waals surface area contributed by atoms with Gasteiger partial charge in [0.25, 0.3) is 5.91 Å². The molecule has 1 N–H and O–H groups in total. The van der Waals surface area contributed by atoms with E-state index in [-0.39, 0.29) is 18.2 Å². The van der Waals surface area contributed by atoms with E-state index >= 15 is 0 Å². The van der Waals surface area contributed by atoms with Crippen molar-refractivity contribution in [2.45, 2.75) is 13.5 Å². The van der Waals surface area contributed by atoms with Crippen molar-refractivity contribution in [3.63, 3.8) is 0 Å². The summed E-state index contributed by atoms with van der Waals surface area (Å²) >= 11 is 6.72. The van der Waals surface area contributed by atoms with Gasteiger partial charge >= 0.3 is 0 Å². The molecule has 152 valence electrons. The maximum atomic E-state index is 12.1. The Labute approximate surface area is 186 Å². The topological polar surface area (TPSA) is 72.3 Å². The molecule has 0 bridgehead atoms. The molecule has 0 atom stereocenters. The third-order valence-corrected chi connectivity index (χ3v) is 4.36. The molecule has 8 heteroatoms.